The Morgan fingerprint density at radius 1 is 1.15 bits per heavy atom. The van der Waals surface area contributed by atoms with E-state index >= 15 is 0 Å². The number of rotatable bonds is 4. The first kappa shape index (κ1) is 15.3. The molecule has 0 aromatic heterocycles. The maximum absolute atomic E-state index is 14.1. The molecule has 0 radical (unpaired) electrons. The van der Waals surface area contributed by atoms with Gasteiger partial charge in [-0.2, -0.15) is 0 Å². The molecule has 0 atom stereocenters. The topological polar surface area (TPSA) is 12.0 Å². The van der Waals surface area contributed by atoms with Crippen LogP contribution in [0.2, 0.25) is 10.0 Å². The average Bonchev–Trinajstić information content (AvgIpc) is 2.40. The van der Waals surface area contributed by atoms with E-state index in [1.165, 1.54) is 6.07 Å². The molecule has 20 heavy (non-hydrogen) atoms. The number of hydrogen-bond donors (Lipinski definition) is 1. The highest BCUT2D eigenvalue weighted by atomic mass is 35.5. The van der Waals surface area contributed by atoms with Gasteiger partial charge in [0.05, 0.1) is 10.0 Å². The summed E-state index contributed by atoms with van der Waals surface area (Å²) in [6, 6.07) is 10.8. The smallest absolute Gasteiger partial charge is 0.128 e. The highest BCUT2D eigenvalue weighted by Gasteiger charge is 2.10. The third-order valence-corrected chi connectivity index (χ3v) is 3.84. The summed E-state index contributed by atoms with van der Waals surface area (Å²) < 4.78 is 14.1. The van der Waals surface area contributed by atoms with Crippen LogP contribution in [0.25, 0.3) is 11.1 Å². The van der Waals surface area contributed by atoms with Crippen molar-refractivity contribution in [3.63, 3.8) is 0 Å². The molecule has 0 amide bonds. The normalized spacial score (nSPS) is 11.1. The van der Waals surface area contributed by atoms with E-state index in [9.17, 15) is 4.39 Å². The molecule has 4 heteroatoms. The van der Waals surface area contributed by atoms with Gasteiger partial charge in [0.15, 0.2) is 0 Å². The maximum atomic E-state index is 14.1. The molecule has 2 aromatic carbocycles. The van der Waals surface area contributed by atoms with Gasteiger partial charge >= 0.3 is 0 Å². The molecule has 0 heterocycles. The molecule has 0 fully saturated rings. The predicted octanol–water partition coefficient (Wildman–Crippen LogP) is 5.30. The number of nitrogens with one attached hydrogen (secondary N) is 1. The van der Waals surface area contributed by atoms with Crippen molar-refractivity contribution in [3.05, 3.63) is 57.8 Å². The molecule has 2 rings (SSSR count). The number of halogens is 3. The Hall–Kier alpha value is -1.09. The van der Waals surface area contributed by atoms with Crippen LogP contribution in [0.4, 0.5) is 4.39 Å². The van der Waals surface area contributed by atoms with E-state index in [1.807, 2.05) is 26.0 Å². The summed E-state index contributed by atoms with van der Waals surface area (Å²) in [6.45, 7) is 4.56. The van der Waals surface area contributed by atoms with Crippen LogP contribution in [0.15, 0.2) is 36.4 Å². The van der Waals surface area contributed by atoms with Gasteiger partial charge < -0.3 is 5.32 Å². The minimum Gasteiger partial charge on any atom is -0.310 e. The van der Waals surface area contributed by atoms with Crippen molar-refractivity contribution in [2.24, 2.45) is 0 Å². The van der Waals surface area contributed by atoms with Crippen molar-refractivity contribution in [1.29, 1.82) is 0 Å². The molecule has 1 nitrogen and oxygen atoms in total. The van der Waals surface area contributed by atoms with Gasteiger partial charge in [-0.15, -0.1) is 0 Å². The Kier molecular flexibility index (Phi) is 5.03. The molecule has 0 aliphatic rings. The third-order valence-electron chi connectivity index (χ3n) is 3.02. The summed E-state index contributed by atoms with van der Waals surface area (Å²) in [5.41, 5.74) is 2.10. The lowest BCUT2D eigenvalue weighted by molar-refractivity contribution is 0.553. The van der Waals surface area contributed by atoms with E-state index in [4.69, 9.17) is 23.2 Å². The first-order valence-electron chi connectivity index (χ1n) is 6.45. The van der Waals surface area contributed by atoms with Gasteiger partial charge in [-0.1, -0.05) is 61.3 Å². The van der Waals surface area contributed by atoms with Crippen LogP contribution in [-0.4, -0.2) is 6.04 Å². The maximum Gasteiger partial charge on any atom is 0.128 e. The molecular formula is C16H16Cl2FN. The Bertz CT molecular complexity index is 611. The fraction of sp³-hybridized carbons (Fsp3) is 0.250. The molecular weight excluding hydrogens is 296 g/mol. The molecule has 106 valence electrons. The van der Waals surface area contributed by atoms with Crippen molar-refractivity contribution >= 4 is 23.2 Å². The minimum absolute atomic E-state index is 0.244. The average molecular weight is 312 g/mol. The number of hydrogen-bond acceptors (Lipinski definition) is 1. The molecule has 0 saturated heterocycles. The summed E-state index contributed by atoms with van der Waals surface area (Å²) in [5, 5.41) is 4.11. The van der Waals surface area contributed by atoms with Crippen LogP contribution in [0.5, 0.6) is 0 Å². The van der Waals surface area contributed by atoms with Crippen molar-refractivity contribution in [1.82, 2.24) is 5.32 Å². The lowest BCUT2D eigenvalue weighted by Crippen LogP contribution is -2.22. The van der Waals surface area contributed by atoms with E-state index in [-0.39, 0.29) is 5.82 Å². The lowest BCUT2D eigenvalue weighted by atomic mass is 10.0. The van der Waals surface area contributed by atoms with Crippen LogP contribution >= 0.6 is 23.2 Å². The Balaban J connectivity index is 2.31. The van der Waals surface area contributed by atoms with E-state index in [0.717, 1.165) is 11.1 Å². The molecule has 0 saturated carbocycles. The summed E-state index contributed by atoms with van der Waals surface area (Å²) in [4.78, 5) is 0. The lowest BCUT2D eigenvalue weighted by Gasteiger charge is -2.11. The van der Waals surface area contributed by atoms with E-state index in [2.05, 4.69) is 5.32 Å². The molecule has 0 aliphatic heterocycles. The zero-order valence-electron chi connectivity index (χ0n) is 11.4. The second kappa shape index (κ2) is 6.57. The first-order valence-corrected chi connectivity index (χ1v) is 7.21. The van der Waals surface area contributed by atoms with Gasteiger partial charge in [0, 0.05) is 23.7 Å². The first-order chi connectivity index (χ1) is 9.49. The molecule has 0 spiro atoms. The van der Waals surface area contributed by atoms with Crippen LogP contribution in [0, 0.1) is 5.82 Å². The molecule has 0 bridgehead atoms. The fourth-order valence-corrected chi connectivity index (χ4v) is 2.31. The highest BCUT2D eigenvalue weighted by Crippen LogP contribution is 2.33. The Morgan fingerprint density at radius 2 is 1.90 bits per heavy atom. The fourth-order valence-electron chi connectivity index (χ4n) is 1.90. The monoisotopic (exact) mass is 311 g/mol. The zero-order chi connectivity index (χ0) is 14.7. The largest absolute Gasteiger partial charge is 0.310 e. The molecule has 1 N–H and O–H groups in total. The van der Waals surface area contributed by atoms with Crippen LogP contribution < -0.4 is 5.32 Å². The van der Waals surface area contributed by atoms with Crippen molar-refractivity contribution in [2.45, 2.75) is 26.4 Å². The van der Waals surface area contributed by atoms with E-state index in [0.29, 0.717) is 28.2 Å². The van der Waals surface area contributed by atoms with Crippen LogP contribution in [-0.2, 0) is 6.54 Å². The highest BCUT2D eigenvalue weighted by molar-refractivity contribution is 6.43. The van der Waals surface area contributed by atoms with Crippen molar-refractivity contribution < 1.29 is 4.39 Å². The standard InChI is InChI=1S/C16H16Cl2FN/c1-10(2)20-9-12-7-6-11(8-15(12)19)13-4-3-5-14(17)16(13)18/h3-8,10,20H,9H2,1-2H3. The van der Waals surface area contributed by atoms with Gasteiger partial charge in [0.25, 0.3) is 0 Å². The van der Waals surface area contributed by atoms with E-state index < -0.39 is 0 Å². The Labute approximate surface area is 128 Å². The van der Waals surface area contributed by atoms with Gasteiger partial charge in [-0.25, -0.2) is 4.39 Å². The second-order valence-corrected chi connectivity index (χ2v) is 5.73. The van der Waals surface area contributed by atoms with Gasteiger partial charge in [-0.05, 0) is 17.7 Å². The third kappa shape index (κ3) is 3.51. The summed E-state index contributed by atoms with van der Waals surface area (Å²) in [7, 11) is 0. The predicted molar refractivity (Wildman–Crippen MR) is 83.8 cm³/mol. The molecule has 2 aromatic rings. The Morgan fingerprint density at radius 3 is 2.55 bits per heavy atom. The molecule has 0 unspecified atom stereocenters. The van der Waals surface area contributed by atoms with Crippen molar-refractivity contribution in [3.8, 4) is 11.1 Å². The quantitative estimate of drug-likeness (QED) is 0.808. The van der Waals surface area contributed by atoms with Gasteiger partial charge in [0.2, 0.25) is 0 Å². The van der Waals surface area contributed by atoms with Gasteiger partial charge in [0.1, 0.15) is 5.82 Å². The van der Waals surface area contributed by atoms with Crippen LogP contribution in [0.1, 0.15) is 19.4 Å². The van der Waals surface area contributed by atoms with Crippen LogP contribution in [0.3, 0.4) is 0 Å². The zero-order valence-corrected chi connectivity index (χ0v) is 12.9. The summed E-state index contributed by atoms with van der Waals surface area (Å²) in [5.74, 6) is -0.244. The van der Waals surface area contributed by atoms with Crippen molar-refractivity contribution in [2.75, 3.05) is 0 Å². The van der Waals surface area contributed by atoms with Gasteiger partial charge in [-0.3, -0.25) is 0 Å². The second-order valence-electron chi connectivity index (χ2n) is 4.94. The SMILES string of the molecule is CC(C)NCc1ccc(-c2cccc(Cl)c2Cl)cc1F. The summed E-state index contributed by atoms with van der Waals surface area (Å²) >= 11 is 12.1. The minimum atomic E-state index is -0.244. The van der Waals surface area contributed by atoms with E-state index in [1.54, 1.807) is 18.2 Å². The number of benzene rings is 2. The summed E-state index contributed by atoms with van der Waals surface area (Å²) in [6.07, 6.45) is 0. The molecule has 0 aliphatic carbocycles.